The first kappa shape index (κ1) is 10.7. The average molecular weight is 237 g/mol. The molecule has 82 valence electrons. The van der Waals surface area contributed by atoms with Crippen molar-refractivity contribution in [2.45, 2.75) is 0 Å². The maximum Gasteiger partial charge on any atom is 0.358 e. The Morgan fingerprint density at radius 3 is 2.88 bits per heavy atom. The largest absolute Gasteiger partial charge is 0.464 e. The Hall–Kier alpha value is -1.81. The molecule has 0 aliphatic carbocycles. The summed E-state index contributed by atoms with van der Waals surface area (Å²) < 4.78 is 4.58. The summed E-state index contributed by atoms with van der Waals surface area (Å²) >= 11 is 5.84. The quantitative estimate of drug-likeness (QED) is 0.772. The predicted octanol–water partition coefficient (Wildman–Crippen LogP) is 2.26. The summed E-state index contributed by atoms with van der Waals surface area (Å²) in [4.78, 5) is 15.5. The molecule has 16 heavy (non-hydrogen) atoms. The highest BCUT2D eigenvalue weighted by atomic mass is 35.5. The van der Waals surface area contributed by atoms with Crippen molar-refractivity contribution in [3.05, 3.63) is 35.0 Å². The molecule has 1 heterocycles. The van der Waals surface area contributed by atoms with Gasteiger partial charge >= 0.3 is 5.97 Å². The Labute approximate surface area is 97.0 Å². The van der Waals surface area contributed by atoms with Crippen molar-refractivity contribution in [1.29, 1.82) is 0 Å². The van der Waals surface area contributed by atoms with Crippen molar-refractivity contribution in [2.75, 3.05) is 12.8 Å². The highest BCUT2D eigenvalue weighted by Crippen LogP contribution is 2.22. The van der Waals surface area contributed by atoms with Gasteiger partial charge in [-0.05, 0) is 24.3 Å². The summed E-state index contributed by atoms with van der Waals surface area (Å²) in [5.74, 6) is -0.547. The minimum Gasteiger partial charge on any atom is -0.464 e. The number of hydrogen-bond acceptors (Lipinski definition) is 4. The van der Waals surface area contributed by atoms with Gasteiger partial charge in [-0.25, -0.2) is 9.78 Å². The van der Waals surface area contributed by atoms with Crippen molar-refractivity contribution in [3.8, 4) is 0 Å². The van der Waals surface area contributed by atoms with Gasteiger partial charge in [0.25, 0.3) is 0 Å². The van der Waals surface area contributed by atoms with Crippen LogP contribution in [0.4, 0.5) is 5.69 Å². The molecule has 0 atom stereocenters. The molecule has 0 saturated heterocycles. The number of nitrogen functional groups attached to an aromatic ring is 1. The minimum absolute atomic E-state index is 0.123. The number of benzene rings is 1. The molecule has 0 unspecified atom stereocenters. The van der Waals surface area contributed by atoms with Crippen LogP contribution in [-0.4, -0.2) is 18.1 Å². The molecule has 2 aromatic rings. The second-order valence-corrected chi connectivity index (χ2v) is 3.69. The number of methoxy groups -OCH3 is 1. The highest BCUT2D eigenvalue weighted by molar-refractivity contribution is 6.31. The lowest BCUT2D eigenvalue weighted by Crippen LogP contribution is -2.08. The molecular weight excluding hydrogens is 228 g/mol. The summed E-state index contributed by atoms with van der Waals surface area (Å²) in [6.45, 7) is 0. The molecule has 0 spiro atoms. The molecule has 2 N–H and O–H groups in total. The number of anilines is 1. The first-order valence-electron chi connectivity index (χ1n) is 4.56. The van der Waals surface area contributed by atoms with Gasteiger partial charge in [0.2, 0.25) is 0 Å². The van der Waals surface area contributed by atoms with Crippen LogP contribution in [0.15, 0.2) is 24.3 Å². The lowest BCUT2D eigenvalue weighted by atomic mass is 10.2. The van der Waals surface area contributed by atoms with E-state index in [0.29, 0.717) is 10.5 Å². The Morgan fingerprint density at radius 1 is 1.44 bits per heavy atom. The van der Waals surface area contributed by atoms with Crippen molar-refractivity contribution < 1.29 is 9.53 Å². The summed E-state index contributed by atoms with van der Waals surface area (Å²) in [5.41, 5.74) is 6.76. The van der Waals surface area contributed by atoms with E-state index in [9.17, 15) is 4.79 Å². The van der Waals surface area contributed by atoms with Crippen molar-refractivity contribution in [2.24, 2.45) is 0 Å². The standard InChI is InChI=1S/C11H9ClN2O2/c1-16-11(15)10-8(13)5-6-4-7(12)2-3-9(6)14-10/h2-5H,13H2,1H3. The van der Waals surface area contributed by atoms with Gasteiger partial charge in [0.1, 0.15) is 0 Å². The van der Waals surface area contributed by atoms with Gasteiger partial charge in [0.15, 0.2) is 5.69 Å². The van der Waals surface area contributed by atoms with Crippen LogP contribution in [0.2, 0.25) is 5.02 Å². The molecule has 2 rings (SSSR count). The van der Waals surface area contributed by atoms with Crippen LogP contribution in [0.5, 0.6) is 0 Å². The number of esters is 1. The van der Waals surface area contributed by atoms with Gasteiger partial charge < -0.3 is 10.5 Å². The molecule has 0 saturated carbocycles. The minimum atomic E-state index is -0.547. The number of nitrogens with zero attached hydrogens (tertiary/aromatic N) is 1. The fourth-order valence-electron chi connectivity index (χ4n) is 1.42. The fraction of sp³-hybridized carbons (Fsp3) is 0.0909. The first-order chi connectivity index (χ1) is 7.61. The Kier molecular flexibility index (Phi) is 2.66. The second kappa shape index (κ2) is 3.98. The van der Waals surface area contributed by atoms with E-state index in [4.69, 9.17) is 17.3 Å². The van der Waals surface area contributed by atoms with Crippen LogP contribution < -0.4 is 5.73 Å². The molecule has 0 radical (unpaired) electrons. The highest BCUT2D eigenvalue weighted by Gasteiger charge is 2.13. The molecule has 1 aromatic carbocycles. The van der Waals surface area contributed by atoms with Crippen molar-refractivity contribution in [3.63, 3.8) is 0 Å². The predicted molar refractivity (Wildman–Crippen MR) is 62.5 cm³/mol. The molecule has 0 fully saturated rings. The second-order valence-electron chi connectivity index (χ2n) is 3.25. The topological polar surface area (TPSA) is 65.2 Å². The van der Waals surface area contributed by atoms with Crippen LogP contribution in [0.3, 0.4) is 0 Å². The Bertz CT molecular complexity index is 569. The molecule has 0 bridgehead atoms. The Morgan fingerprint density at radius 2 is 2.19 bits per heavy atom. The van der Waals surface area contributed by atoms with Crippen LogP contribution in [0, 0.1) is 0 Å². The third kappa shape index (κ3) is 1.79. The van der Waals surface area contributed by atoms with Gasteiger partial charge in [-0.15, -0.1) is 0 Å². The van der Waals surface area contributed by atoms with Crippen LogP contribution in [0.1, 0.15) is 10.5 Å². The number of nitrogens with two attached hydrogens (primary N) is 1. The van der Waals surface area contributed by atoms with E-state index in [-0.39, 0.29) is 11.4 Å². The maximum atomic E-state index is 11.4. The molecule has 1 aromatic heterocycles. The number of pyridine rings is 1. The summed E-state index contributed by atoms with van der Waals surface area (Å²) in [5, 5.41) is 1.39. The van der Waals surface area contributed by atoms with Gasteiger partial charge in [0, 0.05) is 10.4 Å². The van der Waals surface area contributed by atoms with Crippen LogP contribution >= 0.6 is 11.6 Å². The third-order valence-electron chi connectivity index (χ3n) is 2.19. The van der Waals surface area contributed by atoms with E-state index >= 15 is 0 Å². The van der Waals surface area contributed by atoms with Gasteiger partial charge in [-0.1, -0.05) is 11.6 Å². The smallest absolute Gasteiger partial charge is 0.358 e. The average Bonchev–Trinajstić information content (AvgIpc) is 2.27. The molecule has 0 amide bonds. The zero-order valence-electron chi connectivity index (χ0n) is 8.53. The zero-order valence-corrected chi connectivity index (χ0v) is 9.28. The number of fused-ring (bicyclic) bond motifs is 1. The van der Waals surface area contributed by atoms with Gasteiger partial charge in [0.05, 0.1) is 18.3 Å². The van der Waals surface area contributed by atoms with E-state index in [1.807, 2.05) is 0 Å². The maximum absolute atomic E-state index is 11.4. The molecule has 0 aliphatic rings. The zero-order chi connectivity index (χ0) is 11.7. The van der Waals surface area contributed by atoms with Crippen LogP contribution in [0.25, 0.3) is 10.9 Å². The number of carbonyl (C=O) groups excluding carboxylic acids is 1. The van der Waals surface area contributed by atoms with E-state index in [1.54, 1.807) is 24.3 Å². The number of hydrogen-bond donors (Lipinski definition) is 1. The Balaban J connectivity index is 2.67. The van der Waals surface area contributed by atoms with Gasteiger partial charge in [-0.2, -0.15) is 0 Å². The number of halogens is 1. The number of aromatic nitrogens is 1. The van der Waals surface area contributed by atoms with E-state index in [0.717, 1.165) is 5.39 Å². The molecule has 4 nitrogen and oxygen atoms in total. The molecule has 5 heteroatoms. The van der Waals surface area contributed by atoms with Crippen molar-refractivity contribution in [1.82, 2.24) is 4.98 Å². The van der Waals surface area contributed by atoms with E-state index in [1.165, 1.54) is 7.11 Å². The summed E-state index contributed by atoms with van der Waals surface area (Å²) in [7, 11) is 1.29. The SMILES string of the molecule is COC(=O)c1nc2ccc(Cl)cc2cc1N. The molecular formula is C11H9ClN2O2. The third-order valence-corrected chi connectivity index (χ3v) is 2.42. The normalized spacial score (nSPS) is 10.4. The lowest BCUT2D eigenvalue weighted by Gasteiger charge is -2.05. The van der Waals surface area contributed by atoms with Crippen LogP contribution in [-0.2, 0) is 4.74 Å². The first-order valence-corrected chi connectivity index (χ1v) is 4.93. The van der Waals surface area contributed by atoms with Crippen molar-refractivity contribution >= 4 is 34.2 Å². The number of carbonyl (C=O) groups is 1. The summed E-state index contributed by atoms with van der Waals surface area (Å²) in [6, 6.07) is 6.82. The molecule has 0 aliphatic heterocycles. The van der Waals surface area contributed by atoms with E-state index < -0.39 is 5.97 Å². The monoisotopic (exact) mass is 236 g/mol. The number of rotatable bonds is 1. The fourth-order valence-corrected chi connectivity index (χ4v) is 1.60. The van der Waals surface area contributed by atoms with E-state index in [2.05, 4.69) is 9.72 Å². The number of ether oxygens (including phenoxy) is 1. The summed E-state index contributed by atoms with van der Waals surface area (Å²) in [6.07, 6.45) is 0. The van der Waals surface area contributed by atoms with Gasteiger partial charge in [-0.3, -0.25) is 0 Å². The lowest BCUT2D eigenvalue weighted by molar-refractivity contribution is 0.0596.